The molecule has 8 heterocycles. The average molecular weight is 1190 g/mol. The summed E-state index contributed by atoms with van der Waals surface area (Å²) >= 11 is 1.46. The first-order chi connectivity index (χ1) is 40.8. The maximum absolute atomic E-state index is 14.8. The Morgan fingerprint density at radius 1 is 0.824 bits per heavy atom. The van der Waals surface area contributed by atoms with Crippen molar-refractivity contribution in [2.24, 2.45) is 13.0 Å². The number of anilines is 3. The van der Waals surface area contributed by atoms with Gasteiger partial charge in [-0.05, 0) is 162 Å². The number of benzene rings is 2. The second kappa shape index (κ2) is 25.4. The number of imide groups is 1. The van der Waals surface area contributed by atoms with E-state index in [2.05, 4.69) is 57.7 Å². The third-order valence-electron chi connectivity index (χ3n) is 17.0. The van der Waals surface area contributed by atoms with E-state index in [4.69, 9.17) is 34.1 Å². The van der Waals surface area contributed by atoms with Gasteiger partial charge in [0.1, 0.15) is 35.4 Å². The highest BCUT2D eigenvalue weighted by molar-refractivity contribution is 7.22. The van der Waals surface area contributed by atoms with Crippen LogP contribution in [0.5, 0.6) is 5.75 Å². The summed E-state index contributed by atoms with van der Waals surface area (Å²) in [6, 6.07) is 25.0. The van der Waals surface area contributed by atoms with Crippen molar-refractivity contribution in [3.05, 3.63) is 113 Å². The number of hydrogen-bond acceptors (Lipinski definition) is 16. The summed E-state index contributed by atoms with van der Waals surface area (Å²) in [5.74, 6) is 1.34. The molecule has 3 amide bonds. The number of thiazole rings is 1. The molecule has 1 aliphatic carbocycles. The Balaban J connectivity index is 0.683. The second-order valence-corrected chi connectivity index (χ2v) is 32.3. The lowest BCUT2D eigenvalue weighted by Gasteiger charge is -2.35. The van der Waals surface area contributed by atoms with Gasteiger partial charge in [-0.3, -0.25) is 39.2 Å². The number of amides is 3. The largest absolute Gasteiger partial charge is 0.490 e. The second-order valence-electron chi connectivity index (χ2n) is 25.7. The zero-order chi connectivity index (χ0) is 59.6. The summed E-state index contributed by atoms with van der Waals surface area (Å²) < 4.78 is 21.7. The Bertz CT molecular complexity index is 3560. The summed E-state index contributed by atoms with van der Waals surface area (Å²) in [5, 5.41) is 8.56. The van der Waals surface area contributed by atoms with Crippen LogP contribution in [0.25, 0.3) is 32.4 Å². The molecule has 2 aromatic carbocycles. The van der Waals surface area contributed by atoms with Crippen LogP contribution in [-0.2, 0) is 39.1 Å². The summed E-state index contributed by atoms with van der Waals surface area (Å²) in [4.78, 5) is 81.7. The maximum atomic E-state index is 14.8. The van der Waals surface area contributed by atoms with Gasteiger partial charge in [-0.1, -0.05) is 62.0 Å². The number of nitrogens with zero attached hydrogens (tertiary/aromatic N) is 10. The first kappa shape index (κ1) is 59.6. The first-order valence-electron chi connectivity index (χ1n) is 30.4. The molecule has 0 spiro atoms. The van der Waals surface area contributed by atoms with Crippen LogP contribution in [0, 0.1) is 12.8 Å². The van der Waals surface area contributed by atoms with Crippen molar-refractivity contribution in [2.75, 3.05) is 67.3 Å². The number of unbranched alkanes of at least 4 members (excludes halogenated alkanes) is 1. The molecule has 1 N–H and O–H groups in total. The molecule has 1 saturated carbocycles. The number of nitrogens with one attached hydrogen (secondary N) is 1. The van der Waals surface area contributed by atoms with E-state index in [-0.39, 0.29) is 36.3 Å². The van der Waals surface area contributed by atoms with Crippen molar-refractivity contribution in [1.29, 1.82) is 0 Å². The Hall–Kier alpha value is -7.13. The Kier molecular flexibility index (Phi) is 17.8. The summed E-state index contributed by atoms with van der Waals surface area (Å²) in [5.41, 5.74) is 6.50. The van der Waals surface area contributed by atoms with Crippen LogP contribution in [0.2, 0.25) is 25.7 Å². The van der Waals surface area contributed by atoms with Gasteiger partial charge in [0.2, 0.25) is 11.8 Å². The van der Waals surface area contributed by atoms with Crippen LogP contribution >= 0.6 is 11.3 Å². The normalized spacial score (nSPS) is 18.8. The molecule has 448 valence electrons. The third kappa shape index (κ3) is 14.1. The summed E-state index contributed by atoms with van der Waals surface area (Å²) in [6.07, 6.45) is 11.3. The fourth-order valence-electron chi connectivity index (χ4n) is 12.3. The zero-order valence-corrected chi connectivity index (χ0v) is 52.4. The van der Waals surface area contributed by atoms with Gasteiger partial charge >= 0.3 is 5.97 Å². The molecule has 11 rings (SSSR count). The molecule has 0 radical (unpaired) electrons. The number of aryl methyl sites for hydroxylation is 2. The van der Waals surface area contributed by atoms with Gasteiger partial charge in [0.25, 0.3) is 5.91 Å². The standard InChI is InChI=1S/C65H81N11O7SSi/c1-42-39-46(82-45-18-16-43(17-19-45)13-11-12-31-73-33-35-74(36-34-73)55-26-23-49-57(71-72(5)60(49)69-55)50-24-27-56(77)70-61(50)78)20-21-47(42)48-22-25-54(68-59(48)63(80)83-65(2,3)4)75-32-29-44-28-30-66-58(51(44)40-75)62(79)76(41-81-37-38-85(6,7)8)64-67-52-14-9-10-15-53(52)84-64/h9-10,14-15,20-23,25-26,28,30,39,43,45,50H,11-13,16-19,24,27,29,31-38,40-41H2,1-8H3,(H,70,77,78). The highest BCUT2D eigenvalue weighted by Crippen LogP contribution is 2.38. The predicted octanol–water partition coefficient (Wildman–Crippen LogP) is 11.3. The molecular formula is C65H81N11O7SSi. The van der Waals surface area contributed by atoms with Crippen molar-refractivity contribution >= 4 is 81.1 Å². The number of piperidine rings is 1. The number of pyridine rings is 3. The maximum Gasteiger partial charge on any atom is 0.358 e. The van der Waals surface area contributed by atoms with Crippen LogP contribution < -0.4 is 24.8 Å². The number of esters is 1. The van der Waals surface area contributed by atoms with E-state index in [1.807, 2.05) is 94.5 Å². The molecule has 0 bridgehead atoms. The molecule has 4 aliphatic rings. The number of fused-ring (bicyclic) bond motifs is 3. The lowest BCUT2D eigenvalue weighted by molar-refractivity contribution is -0.134. The van der Waals surface area contributed by atoms with Gasteiger partial charge in [0, 0.05) is 90.1 Å². The van der Waals surface area contributed by atoms with Crippen molar-refractivity contribution in [1.82, 2.24) is 39.9 Å². The number of piperazine rings is 1. The van der Waals surface area contributed by atoms with Gasteiger partial charge < -0.3 is 24.0 Å². The van der Waals surface area contributed by atoms with E-state index in [0.717, 1.165) is 120 Å². The Labute approximate surface area is 503 Å². The van der Waals surface area contributed by atoms with Crippen molar-refractivity contribution in [2.45, 2.75) is 142 Å². The van der Waals surface area contributed by atoms with Crippen LogP contribution in [0.3, 0.4) is 0 Å². The third-order valence-corrected chi connectivity index (χ3v) is 19.8. The first-order valence-corrected chi connectivity index (χ1v) is 35.0. The number of aromatic nitrogens is 6. The summed E-state index contributed by atoms with van der Waals surface area (Å²) in [7, 11) is 0.486. The molecule has 2 saturated heterocycles. The van der Waals surface area contributed by atoms with Crippen molar-refractivity contribution in [3.8, 4) is 16.9 Å². The van der Waals surface area contributed by atoms with Gasteiger partial charge in [0.15, 0.2) is 16.5 Å². The van der Waals surface area contributed by atoms with Crippen LogP contribution in [0.1, 0.15) is 128 Å². The number of hydrogen-bond donors (Lipinski definition) is 1. The van der Waals surface area contributed by atoms with Gasteiger partial charge in [0.05, 0.1) is 27.9 Å². The van der Waals surface area contributed by atoms with Crippen LogP contribution in [0.15, 0.2) is 79.0 Å². The van der Waals surface area contributed by atoms with E-state index in [0.29, 0.717) is 72.8 Å². The van der Waals surface area contributed by atoms with E-state index >= 15 is 0 Å². The lowest BCUT2D eigenvalue weighted by Crippen LogP contribution is -2.46. The minimum atomic E-state index is -1.38. The van der Waals surface area contributed by atoms with E-state index in [1.54, 1.807) is 15.8 Å². The molecule has 85 heavy (non-hydrogen) atoms. The highest BCUT2D eigenvalue weighted by atomic mass is 32.1. The molecule has 18 nitrogen and oxygen atoms in total. The number of para-hydroxylation sites is 1. The van der Waals surface area contributed by atoms with Gasteiger partial charge in [-0.2, -0.15) is 5.10 Å². The molecule has 3 aliphatic heterocycles. The lowest BCUT2D eigenvalue weighted by atomic mass is 9.84. The SMILES string of the molecule is Cc1cc(OC2CCC(CCCCN3CCN(c4ccc5c(C6CCC(=O)NC6=O)nn(C)c5n4)CC3)CC2)ccc1-c1ccc(N2CCc3ccnc(C(=O)N(COCC[Si](C)(C)C)c4nc5ccccc5s4)c3C2)nc1C(=O)OC(C)(C)C. The van der Waals surface area contributed by atoms with E-state index < -0.39 is 25.6 Å². The number of rotatable bonds is 19. The Morgan fingerprint density at radius 2 is 1.59 bits per heavy atom. The van der Waals surface area contributed by atoms with Crippen LogP contribution in [0.4, 0.5) is 16.8 Å². The molecule has 1 atom stereocenters. The van der Waals surface area contributed by atoms with Gasteiger partial charge in [-0.25, -0.2) is 19.7 Å². The average Bonchev–Trinajstić information content (AvgIpc) is 3.74. The van der Waals surface area contributed by atoms with E-state index in [1.165, 1.54) is 30.6 Å². The topological polar surface area (TPSA) is 190 Å². The van der Waals surface area contributed by atoms with Gasteiger partial charge in [-0.15, -0.1) is 0 Å². The molecular weight excluding hydrogens is 1110 g/mol. The number of carbonyl (C=O) groups excluding carboxylic acids is 4. The zero-order valence-electron chi connectivity index (χ0n) is 50.6. The minimum absolute atomic E-state index is 0.0612. The smallest absolute Gasteiger partial charge is 0.358 e. The minimum Gasteiger partial charge on any atom is -0.490 e. The fraction of sp³-hybridized carbons (Fsp3) is 0.492. The van der Waals surface area contributed by atoms with E-state index in [9.17, 15) is 19.2 Å². The number of ether oxygens (including phenoxy) is 3. The van der Waals surface area contributed by atoms with Crippen molar-refractivity contribution < 1.29 is 33.4 Å². The fourth-order valence-corrected chi connectivity index (χ4v) is 14.0. The highest BCUT2D eigenvalue weighted by Gasteiger charge is 2.34. The molecule has 1 unspecified atom stereocenters. The predicted molar refractivity (Wildman–Crippen MR) is 336 cm³/mol. The summed E-state index contributed by atoms with van der Waals surface area (Å²) in [6.45, 7) is 21.1. The Morgan fingerprint density at radius 3 is 2.34 bits per heavy atom. The molecule has 20 heteroatoms. The molecule has 3 fully saturated rings. The number of carbonyl (C=O) groups is 4. The van der Waals surface area contributed by atoms with Crippen molar-refractivity contribution in [3.63, 3.8) is 0 Å². The molecule has 5 aromatic heterocycles. The van der Waals surface area contributed by atoms with Crippen LogP contribution in [-0.4, -0.2) is 131 Å². The molecule has 7 aromatic rings. The quantitative estimate of drug-likeness (QED) is 0.0264. The monoisotopic (exact) mass is 1190 g/mol.